The Kier molecular flexibility index (Phi) is 5.98. The van der Waals surface area contributed by atoms with Gasteiger partial charge in [0.1, 0.15) is 5.75 Å². The fourth-order valence-electron chi connectivity index (χ4n) is 1.99. The summed E-state index contributed by atoms with van der Waals surface area (Å²) in [7, 11) is 0. The number of benzene rings is 2. The molecule has 0 spiro atoms. The van der Waals surface area contributed by atoms with Crippen LogP contribution in [0.1, 0.15) is 18.1 Å². The zero-order valence-corrected chi connectivity index (χ0v) is 12.7. The Balaban J connectivity index is 1.79. The van der Waals surface area contributed by atoms with E-state index in [0.29, 0.717) is 19.0 Å². The van der Waals surface area contributed by atoms with Crippen molar-refractivity contribution in [3.8, 4) is 5.75 Å². The molecule has 0 saturated heterocycles. The largest absolute Gasteiger partial charge is 0.481 e. The van der Waals surface area contributed by atoms with Crippen molar-refractivity contribution in [1.82, 2.24) is 0 Å². The molecule has 0 aliphatic heterocycles. The standard InChI is InChI=1S/C18H21NO3/c1-14(18(19)20)22-17-9-5-8-15(12-17)10-11-21-13-16-6-3-2-4-7-16/h2-9,12,14H,10-11,13H2,1H3,(H2,19,20)/t14-/m1/s1. The third-order valence-electron chi connectivity index (χ3n) is 3.26. The minimum absolute atomic E-state index is 0.475. The van der Waals surface area contributed by atoms with E-state index in [1.54, 1.807) is 6.92 Å². The predicted octanol–water partition coefficient (Wildman–Crippen LogP) is 2.70. The highest BCUT2D eigenvalue weighted by Crippen LogP contribution is 2.15. The third kappa shape index (κ3) is 5.22. The van der Waals surface area contributed by atoms with E-state index in [1.165, 1.54) is 0 Å². The van der Waals surface area contributed by atoms with Crippen molar-refractivity contribution < 1.29 is 14.3 Å². The van der Waals surface area contributed by atoms with Crippen LogP contribution in [0.2, 0.25) is 0 Å². The van der Waals surface area contributed by atoms with Crippen LogP contribution in [0.25, 0.3) is 0 Å². The molecule has 1 atom stereocenters. The molecule has 4 heteroatoms. The number of nitrogens with two attached hydrogens (primary N) is 1. The SMILES string of the molecule is C[C@@H](Oc1cccc(CCOCc2ccccc2)c1)C(N)=O. The Labute approximate surface area is 130 Å². The summed E-state index contributed by atoms with van der Waals surface area (Å²) in [6, 6.07) is 17.7. The molecule has 1 amide bonds. The highest BCUT2D eigenvalue weighted by Gasteiger charge is 2.10. The van der Waals surface area contributed by atoms with Crippen LogP contribution in [0.3, 0.4) is 0 Å². The number of carbonyl (C=O) groups is 1. The van der Waals surface area contributed by atoms with Gasteiger partial charge >= 0.3 is 0 Å². The van der Waals surface area contributed by atoms with Gasteiger partial charge in [-0.05, 0) is 36.6 Å². The average Bonchev–Trinajstić information content (AvgIpc) is 2.53. The molecule has 116 valence electrons. The van der Waals surface area contributed by atoms with Crippen molar-refractivity contribution in [3.05, 3.63) is 65.7 Å². The second-order valence-corrected chi connectivity index (χ2v) is 5.10. The lowest BCUT2D eigenvalue weighted by Gasteiger charge is -2.12. The molecule has 0 aliphatic carbocycles. The van der Waals surface area contributed by atoms with Crippen molar-refractivity contribution in [1.29, 1.82) is 0 Å². The molecule has 2 rings (SSSR count). The van der Waals surface area contributed by atoms with Gasteiger partial charge in [-0.25, -0.2) is 0 Å². The zero-order valence-electron chi connectivity index (χ0n) is 12.7. The second kappa shape index (κ2) is 8.20. The summed E-state index contributed by atoms with van der Waals surface area (Å²) in [6.45, 7) is 2.87. The molecular formula is C18H21NO3. The van der Waals surface area contributed by atoms with Gasteiger partial charge in [0.05, 0.1) is 13.2 Å². The van der Waals surface area contributed by atoms with E-state index in [0.717, 1.165) is 17.5 Å². The summed E-state index contributed by atoms with van der Waals surface area (Å²) in [5.41, 5.74) is 7.45. The first kappa shape index (κ1) is 16.0. The fourth-order valence-corrected chi connectivity index (χ4v) is 1.99. The van der Waals surface area contributed by atoms with Gasteiger partial charge in [-0.2, -0.15) is 0 Å². The van der Waals surface area contributed by atoms with Crippen LogP contribution in [-0.2, 0) is 22.6 Å². The average molecular weight is 299 g/mol. The van der Waals surface area contributed by atoms with Crippen LogP contribution in [-0.4, -0.2) is 18.6 Å². The van der Waals surface area contributed by atoms with E-state index in [-0.39, 0.29) is 0 Å². The molecule has 2 aromatic carbocycles. The summed E-state index contributed by atoms with van der Waals surface area (Å²) in [5.74, 6) is 0.170. The first-order valence-electron chi connectivity index (χ1n) is 7.32. The van der Waals surface area contributed by atoms with Gasteiger partial charge in [-0.1, -0.05) is 42.5 Å². The number of hydrogen-bond donors (Lipinski definition) is 1. The first-order valence-corrected chi connectivity index (χ1v) is 7.32. The van der Waals surface area contributed by atoms with E-state index >= 15 is 0 Å². The molecule has 0 unspecified atom stereocenters. The lowest BCUT2D eigenvalue weighted by molar-refractivity contribution is -0.123. The molecule has 0 heterocycles. The predicted molar refractivity (Wildman–Crippen MR) is 85.5 cm³/mol. The quantitative estimate of drug-likeness (QED) is 0.762. The molecule has 22 heavy (non-hydrogen) atoms. The van der Waals surface area contributed by atoms with Gasteiger partial charge < -0.3 is 15.2 Å². The molecule has 0 bridgehead atoms. The number of amides is 1. The summed E-state index contributed by atoms with van der Waals surface area (Å²) in [4.78, 5) is 11.0. The van der Waals surface area contributed by atoms with Gasteiger partial charge in [-0.15, -0.1) is 0 Å². The van der Waals surface area contributed by atoms with Crippen molar-refractivity contribution in [3.63, 3.8) is 0 Å². The van der Waals surface area contributed by atoms with Crippen molar-refractivity contribution in [2.75, 3.05) is 6.61 Å². The lowest BCUT2D eigenvalue weighted by Crippen LogP contribution is -2.30. The van der Waals surface area contributed by atoms with Crippen molar-refractivity contribution in [2.45, 2.75) is 26.1 Å². The molecule has 0 radical (unpaired) electrons. The minimum Gasteiger partial charge on any atom is -0.481 e. The number of rotatable bonds is 8. The van der Waals surface area contributed by atoms with Crippen LogP contribution < -0.4 is 10.5 Å². The Morgan fingerprint density at radius 3 is 2.55 bits per heavy atom. The highest BCUT2D eigenvalue weighted by atomic mass is 16.5. The monoisotopic (exact) mass is 299 g/mol. The van der Waals surface area contributed by atoms with E-state index in [9.17, 15) is 4.79 Å². The highest BCUT2D eigenvalue weighted by molar-refractivity contribution is 5.78. The van der Waals surface area contributed by atoms with Crippen molar-refractivity contribution in [2.24, 2.45) is 5.73 Å². The maximum absolute atomic E-state index is 11.0. The van der Waals surface area contributed by atoms with Crippen LogP contribution in [0, 0.1) is 0 Å². The Bertz CT molecular complexity index is 598. The fraction of sp³-hybridized carbons (Fsp3) is 0.278. The number of hydrogen-bond acceptors (Lipinski definition) is 3. The van der Waals surface area contributed by atoms with Crippen LogP contribution in [0.5, 0.6) is 5.75 Å². The molecule has 2 N–H and O–H groups in total. The summed E-state index contributed by atoms with van der Waals surface area (Å²) >= 11 is 0. The Morgan fingerprint density at radius 2 is 1.82 bits per heavy atom. The minimum atomic E-state index is -0.635. The van der Waals surface area contributed by atoms with E-state index < -0.39 is 12.0 Å². The number of primary amides is 1. The van der Waals surface area contributed by atoms with Crippen LogP contribution >= 0.6 is 0 Å². The molecule has 0 aromatic heterocycles. The topological polar surface area (TPSA) is 61.6 Å². The summed E-state index contributed by atoms with van der Waals surface area (Å²) in [6.07, 6.45) is 0.152. The third-order valence-corrected chi connectivity index (χ3v) is 3.26. The van der Waals surface area contributed by atoms with Crippen LogP contribution in [0.15, 0.2) is 54.6 Å². The normalized spacial score (nSPS) is 11.9. The lowest BCUT2D eigenvalue weighted by atomic mass is 10.1. The Morgan fingerprint density at radius 1 is 1.09 bits per heavy atom. The molecule has 2 aromatic rings. The number of ether oxygens (including phenoxy) is 2. The molecule has 0 aliphatic rings. The summed E-state index contributed by atoms with van der Waals surface area (Å²) < 4.78 is 11.1. The van der Waals surface area contributed by atoms with Gasteiger partial charge in [0.15, 0.2) is 6.10 Å². The Hall–Kier alpha value is -2.33. The number of carbonyl (C=O) groups excluding carboxylic acids is 1. The van der Waals surface area contributed by atoms with Gasteiger partial charge in [0, 0.05) is 0 Å². The van der Waals surface area contributed by atoms with Crippen molar-refractivity contribution >= 4 is 5.91 Å². The molecule has 0 saturated carbocycles. The summed E-state index contributed by atoms with van der Waals surface area (Å²) in [5, 5.41) is 0. The zero-order chi connectivity index (χ0) is 15.8. The van der Waals surface area contributed by atoms with Crippen LogP contribution in [0.4, 0.5) is 0 Å². The second-order valence-electron chi connectivity index (χ2n) is 5.10. The van der Waals surface area contributed by atoms with E-state index in [1.807, 2.05) is 54.6 Å². The first-order chi connectivity index (χ1) is 10.6. The molecular weight excluding hydrogens is 278 g/mol. The van der Waals surface area contributed by atoms with E-state index in [4.69, 9.17) is 15.2 Å². The van der Waals surface area contributed by atoms with Gasteiger partial charge in [0.2, 0.25) is 0 Å². The molecule has 4 nitrogen and oxygen atoms in total. The van der Waals surface area contributed by atoms with Gasteiger partial charge in [0.25, 0.3) is 5.91 Å². The van der Waals surface area contributed by atoms with Gasteiger partial charge in [-0.3, -0.25) is 4.79 Å². The van der Waals surface area contributed by atoms with E-state index in [2.05, 4.69) is 0 Å². The maximum atomic E-state index is 11.0. The maximum Gasteiger partial charge on any atom is 0.258 e. The smallest absolute Gasteiger partial charge is 0.258 e. The molecule has 0 fully saturated rings.